The lowest BCUT2D eigenvalue weighted by Gasteiger charge is -2.29. The first kappa shape index (κ1) is 17.9. The molecule has 1 heterocycles. The maximum Gasteiger partial charge on any atom is 0.213 e. The van der Waals surface area contributed by atoms with Crippen LogP contribution < -0.4 is 0 Å². The van der Waals surface area contributed by atoms with Gasteiger partial charge in [0.2, 0.25) is 5.70 Å². The predicted molar refractivity (Wildman–Crippen MR) is 101 cm³/mol. The highest BCUT2D eigenvalue weighted by molar-refractivity contribution is 7.91. The van der Waals surface area contributed by atoms with E-state index in [1.165, 1.54) is 0 Å². The van der Waals surface area contributed by atoms with Crippen LogP contribution in [0.5, 0.6) is 0 Å². The fraction of sp³-hybridized carbons (Fsp3) is 0.500. The zero-order valence-electron chi connectivity index (χ0n) is 14.6. The third-order valence-electron chi connectivity index (χ3n) is 5.36. The van der Waals surface area contributed by atoms with Gasteiger partial charge in [-0.1, -0.05) is 37.3 Å². The Bertz CT molecular complexity index is 824. The highest BCUT2D eigenvalue weighted by Gasteiger charge is 2.31. The van der Waals surface area contributed by atoms with Crippen LogP contribution in [0.4, 0.5) is 0 Å². The van der Waals surface area contributed by atoms with Crippen LogP contribution in [0.15, 0.2) is 46.6 Å². The molecule has 1 saturated carbocycles. The second kappa shape index (κ2) is 7.53. The normalized spacial score (nSPS) is 24.1. The minimum absolute atomic E-state index is 0.230. The summed E-state index contributed by atoms with van der Waals surface area (Å²) in [5.41, 5.74) is 3.70. The molecule has 1 fully saturated rings. The van der Waals surface area contributed by atoms with Gasteiger partial charge in [0.05, 0.1) is 24.6 Å². The zero-order chi connectivity index (χ0) is 17.9. The lowest BCUT2D eigenvalue weighted by molar-refractivity contribution is 0.319. The van der Waals surface area contributed by atoms with E-state index in [0.29, 0.717) is 18.2 Å². The van der Waals surface area contributed by atoms with Crippen LogP contribution in [-0.2, 0) is 9.84 Å². The first-order valence-electron chi connectivity index (χ1n) is 8.95. The van der Waals surface area contributed by atoms with Crippen LogP contribution >= 0.6 is 0 Å². The highest BCUT2D eigenvalue weighted by atomic mass is 32.2. The Kier molecular flexibility index (Phi) is 5.39. The molecule has 5 heteroatoms. The third-order valence-corrected chi connectivity index (χ3v) is 7.22. The van der Waals surface area contributed by atoms with Crippen LogP contribution in [0.1, 0.15) is 38.2 Å². The fourth-order valence-electron chi connectivity index (χ4n) is 3.89. The monoisotopic (exact) mass is 356 g/mol. The van der Waals surface area contributed by atoms with Crippen molar-refractivity contribution in [3.63, 3.8) is 0 Å². The molecule has 0 amide bonds. The van der Waals surface area contributed by atoms with Crippen molar-refractivity contribution in [3.8, 4) is 0 Å². The van der Waals surface area contributed by atoms with Gasteiger partial charge in [-0.15, -0.1) is 0 Å². The number of allylic oxidation sites excluding steroid dienone is 1. The number of sulfone groups is 1. The fourth-order valence-corrected chi connectivity index (χ4v) is 5.18. The van der Waals surface area contributed by atoms with Gasteiger partial charge < -0.3 is 0 Å². The summed E-state index contributed by atoms with van der Waals surface area (Å²) >= 11 is 0. The van der Waals surface area contributed by atoms with Gasteiger partial charge in [0, 0.05) is 5.75 Å². The molecule has 1 aromatic rings. The molecule has 0 radical (unpaired) electrons. The molecule has 0 N–H and O–H groups in total. The Morgan fingerprint density at radius 2 is 1.84 bits per heavy atom. The average molecular weight is 356 g/mol. The van der Waals surface area contributed by atoms with Crippen molar-refractivity contribution in [2.45, 2.75) is 32.6 Å². The standard InChI is InChI=1S/C20H24N2O2S/c1-3-25(23,24)14-15-9-11-16(12-10-15)18-13-22-19(20(18)21-2)17-7-5-4-6-8-17/h4-8,15-16H,3,9-14H2,1H3. The van der Waals surface area contributed by atoms with Gasteiger partial charge in [0.25, 0.3) is 0 Å². The summed E-state index contributed by atoms with van der Waals surface area (Å²) in [4.78, 5) is 8.44. The molecular formula is C20H24N2O2S. The first-order valence-corrected chi connectivity index (χ1v) is 10.8. The van der Waals surface area contributed by atoms with Gasteiger partial charge in [-0.05, 0) is 48.7 Å². The van der Waals surface area contributed by atoms with Gasteiger partial charge in [0.15, 0.2) is 0 Å². The summed E-state index contributed by atoms with van der Waals surface area (Å²) in [7, 11) is -2.90. The zero-order valence-corrected chi connectivity index (χ0v) is 15.4. The van der Waals surface area contributed by atoms with E-state index < -0.39 is 9.84 Å². The SMILES string of the molecule is [C-]#[N+]C1=C(C2CCC(CS(=O)(=O)CC)CC2)CN=C1c1ccccc1. The van der Waals surface area contributed by atoms with E-state index in [1.807, 2.05) is 30.3 Å². The van der Waals surface area contributed by atoms with Gasteiger partial charge in [-0.3, -0.25) is 4.99 Å². The smallest absolute Gasteiger partial charge is 0.213 e. The summed E-state index contributed by atoms with van der Waals surface area (Å²) < 4.78 is 23.7. The molecule has 1 aliphatic heterocycles. The Balaban J connectivity index is 1.70. The summed E-state index contributed by atoms with van der Waals surface area (Å²) in [5, 5.41) is 0. The largest absolute Gasteiger partial charge is 0.293 e. The number of benzene rings is 1. The second-order valence-electron chi connectivity index (χ2n) is 6.93. The Morgan fingerprint density at radius 1 is 1.16 bits per heavy atom. The van der Waals surface area contributed by atoms with E-state index in [2.05, 4.69) is 9.84 Å². The molecule has 0 spiro atoms. The minimum atomic E-state index is -2.90. The molecule has 132 valence electrons. The summed E-state index contributed by atoms with van der Waals surface area (Å²) in [6.45, 7) is 9.95. The summed E-state index contributed by atoms with van der Waals surface area (Å²) in [6, 6.07) is 9.90. The van der Waals surface area contributed by atoms with Gasteiger partial charge in [0.1, 0.15) is 9.84 Å². The van der Waals surface area contributed by atoms with E-state index in [9.17, 15) is 8.42 Å². The van der Waals surface area contributed by atoms with E-state index >= 15 is 0 Å². The van der Waals surface area contributed by atoms with E-state index in [-0.39, 0.29) is 11.7 Å². The average Bonchev–Trinajstić information content (AvgIpc) is 3.07. The van der Waals surface area contributed by atoms with Crippen molar-refractivity contribution in [3.05, 3.63) is 58.6 Å². The molecule has 4 nitrogen and oxygen atoms in total. The van der Waals surface area contributed by atoms with Crippen LogP contribution in [0, 0.1) is 18.4 Å². The number of hydrogen-bond acceptors (Lipinski definition) is 3. The summed E-state index contributed by atoms with van der Waals surface area (Å²) in [6.07, 6.45) is 3.80. The predicted octanol–water partition coefficient (Wildman–Crippen LogP) is 3.90. The van der Waals surface area contributed by atoms with Crippen LogP contribution in [0.2, 0.25) is 0 Å². The van der Waals surface area contributed by atoms with E-state index in [4.69, 9.17) is 6.57 Å². The first-order chi connectivity index (χ1) is 12.0. The molecule has 2 aliphatic rings. The maximum absolute atomic E-state index is 11.8. The third kappa shape index (κ3) is 4.01. The molecule has 0 atom stereocenters. The molecule has 25 heavy (non-hydrogen) atoms. The molecular weight excluding hydrogens is 332 g/mol. The maximum atomic E-state index is 11.8. The van der Waals surface area contributed by atoms with Crippen molar-refractivity contribution in [2.75, 3.05) is 18.1 Å². The van der Waals surface area contributed by atoms with Crippen molar-refractivity contribution >= 4 is 15.5 Å². The molecule has 0 bridgehead atoms. The Hall–Kier alpha value is -1.93. The van der Waals surface area contributed by atoms with Crippen molar-refractivity contribution in [1.82, 2.24) is 0 Å². The van der Waals surface area contributed by atoms with Gasteiger partial charge in [-0.25, -0.2) is 13.3 Å². The quantitative estimate of drug-likeness (QED) is 0.751. The van der Waals surface area contributed by atoms with Gasteiger partial charge in [-0.2, -0.15) is 0 Å². The highest BCUT2D eigenvalue weighted by Crippen LogP contribution is 2.38. The number of aliphatic imine (C=N–C) groups is 1. The van der Waals surface area contributed by atoms with Crippen molar-refractivity contribution < 1.29 is 8.42 Å². The lowest BCUT2D eigenvalue weighted by Crippen LogP contribution is -2.24. The van der Waals surface area contributed by atoms with Crippen LogP contribution in [0.3, 0.4) is 0 Å². The van der Waals surface area contributed by atoms with Crippen LogP contribution in [-0.4, -0.2) is 32.2 Å². The number of nitrogens with zero attached hydrogens (tertiary/aromatic N) is 2. The molecule has 1 aliphatic carbocycles. The van der Waals surface area contributed by atoms with E-state index in [0.717, 1.165) is 48.2 Å². The van der Waals surface area contributed by atoms with Crippen molar-refractivity contribution in [1.29, 1.82) is 0 Å². The number of hydrogen-bond donors (Lipinski definition) is 0. The van der Waals surface area contributed by atoms with Crippen LogP contribution in [0.25, 0.3) is 4.85 Å². The number of rotatable bonds is 5. The van der Waals surface area contributed by atoms with Crippen molar-refractivity contribution in [2.24, 2.45) is 16.8 Å². The van der Waals surface area contributed by atoms with Gasteiger partial charge >= 0.3 is 0 Å². The molecule has 0 unspecified atom stereocenters. The molecule has 0 saturated heterocycles. The minimum Gasteiger partial charge on any atom is -0.293 e. The topological polar surface area (TPSA) is 50.9 Å². The molecule has 1 aromatic carbocycles. The molecule has 0 aromatic heterocycles. The van der Waals surface area contributed by atoms with E-state index in [1.54, 1.807) is 6.92 Å². The molecule has 3 rings (SSSR count). The second-order valence-corrected chi connectivity index (χ2v) is 9.33. The Morgan fingerprint density at radius 3 is 2.44 bits per heavy atom. The summed E-state index contributed by atoms with van der Waals surface area (Å²) in [5.74, 6) is 1.19. The Labute approximate surface area is 150 Å². The lowest BCUT2D eigenvalue weighted by atomic mass is 9.78.